The zero-order chi connectivity index (χ0) is 23.8. The number of rotatable bonds is 4. The van der Waals surface area contributed by atoms with E-state index in [1.165, 1.54) is 0 Å². The fourth-order valence-electron chi connectivity index (χ4n) is 4.39. The molecule has 0 saturated carbocycles. The summed E-state index contributed by atoms with van der Waals surface area (Å²) in [6.45, 7) is 7.48. The smallest absolute Gasteiger partial charge is 0.285 e. The molecular weight excluding hydrogens is 502 g/mol. The molecular formula is C25H28BrN3O3S. The molecule has 33 heavy (non-hydrogen) atoms. The van der Waals surface area contributed by atoms with Gasteiger partial charge >= 0.3 is 0 Å². The number of carbonyl (C=O) groups excluding carboxylic acids is 1. The quantitative estimate of drug-likeness (QED) is 0.629. The first-order valence-corrected chi connectivity index (χ1v) is 13.3. The van der Waals surface area contributed by atoms with Crippen molar-refractivity contribution in [3.8, 4) is 0 Å². The summed E-state index contributed by atoms with van der Waals surface area (Å²) in [7, 11) is -3.75. The number of likely N-dealkylation sites (tertiary alicyclic amines) is 1. The van der Waals surface area contributed by atoms with E-state index >= 15 is 0 Å². The van der Waals surface area contributed by atoms with Crippen LogP contribution in [0.4, 0.5) is 0 Å². The molecule has 1 saturated heterocycles. The fraction of sp³-hybridized carbons (Fsp3) is 0.360. The lowest BCUT2D eigenvalue weighted by molar-refractivity contribution is -0.126. The number of hydrogen-bond acceptors (Lipinski definition) is 4. The second kappa shape index (κ2) is 9.43. The summed E-state index contributed by atoms with van der Waals surface area (Å²) in [6.07, 6.45) is 1.32. The van der Waals surface area contributed by atoms with E-state index in [1.807, 2.05) is 68.1 Å². The number of piperidine rings is 1. The van der Waals surface area contributed by atoms with Crippen LogP contribution in [0.1, 0.15) is 42.0 Å². The predicted molar refractivity (Wildman–Crippen MR) is 135 cm³/mol. The lowest BCUT2D eigenvalue weighted by atomic mass is 9.95. The molecule has 1 N–H and O–H groups in total. The molecule has 0 spiro atoms. The number of sulfonamides is 1. The minimum Gasteiger partial charge on any atom is -0.356 e. The largest absolute Gasteiger partial charge is 0.356 e. The van der Waals surface area contributed by atoms with E-state index in [9.17, 15) is 13.2 Å². The van der Waals surface area contributed by atoms with Crippen LogP contribution in [0.2, 0.25) is 0 Å². The predicted octanol–water partition coefficient (Wildman–Crippen LogP) is 4.57. The van der Waals surface area contributed by atoms with Gasteiger partial charge in [-0.25, -0.2) is 0 Å². The molecule has 0 bridgehead atoms. The Morgan fingerprint density at radius 1 is 1.09 bits per heavy atom. The molecule has 2 aliphatic rings. The van der Waals surface area contributed by atoms with Gasteiger partial charge in [-0.2, -0.15) is 8.42 Å². The summed E-state index contributed by atoms with van der Waals surface area (Å²) in [5.41, 5.74) is 4.55. The third kappa shape index (κ3) is 4.92. The maximum absolute atomic E-state index is 12.9. The Kier molecular flexibility index (Phi) is 6.77. The molecule has 2 aromatic carbocycles. The minimum atomic E-state index is -3.75. The molecule has 1 fully saturated rings. The van der Waals surface area contributed by atoms with Crippen LogP contribution in [0.5, 0.6) is 0 Å². The van der Waals surface area contributed by atoms with Crippen molar-refractivity contribution in [2.24, 2.45) is 10.3 Å². The number of carbonyl (C=O) groups is 1. The monoisotopic (exact) mass is 529 g/mol. The third-order valence-corrected chi connectivity index (χ3v) is 8.73. The lowest BCUT2D eigenvalue weighted by Gasteiger charge is -2.32. The Morgan fingerprint density at radius 2 is 1.79 bits per heavy atom. The van der Waals surface area contributed by atoms with Gasteiger partial charge in [0, 0.05) is 35.6 Å². The second-order valence-electron chi connectivity index (χ2n) is 8.71. The first kappa shape index (κ1) is 23.7. The summed E-state index contributed by atoms with van der Waals surface area (Å²) < 4.78 is 30.9. The Hall–Kier alpha value is -2.45. The summed E-state index contributed by atoms with van der Waals surface area (Å²) in [5.74, 6) is 0.454. The Labute approximate surface area is 204 Å². The van der Waals surface area contributed by atoms with Crippen molar-refractivity contribution < 1.29 is 13.2 Å². The first-order chi connectivity index (χ1) is 15.7. The average Bonchev–Trinajstić information content (AvgIpc) is 3.03. The molecule has 174 valence electrons. The lowest BCUT2D eigenvalue weighted by Crippen LogP contribution is -2.43. The number of amidine groups is 1. The minimum absolute atomic E-state index is 0.0365. The van der Waals surface area contributed by atoms with Crippen LogP contribution < -0.4 is 5.32 Å². The summed E-state index contributed by atoms with van der Waals surface area (Å²) in [4.78, 5) is 15.0. The molecule has 0 aromatic heterocycles. The summed E-state index contributed by atoms with van der Waals surface area (Å²) in [6, 6.07) is 13.5. The Balaban J connectivity index is 1.43. The van der Waals surface area contributed by atoms with Crippen LogP contribution in [0.3, 0.4) is 0 Å². The highest BCUT2D eigenvalue weighted by Gasteiger charge is 2.35. The number of nitrogens with one attached hydrogen (secondary N) is 1. The third-order valence-electron chi connectivity index (χ3n) is 6.49. The van der Waals surface area contributed by atoms with Crippen molar-refractivity contribution in [2.45, 2.75) is 40.2 Å². The molecule has 2 heterocycles. The molecule has 0 aliphatic carbocycles. The standard InChI is InChI=1S/C25H28BrN3O3S/c1-16-8-9-20(14-17(16)2)23-18(3)24(28-33(23,31)32)29-12-10-19(11-13-29)25(30)27-15-21-6-4-5-7-22(21)26/h4-9,14,19H,10-13,15H2,1-3H3,(H,27,30). The van der Waals surface area contributed by atoms with Gasteiger partial charge in [0.15, 0.2) is 0 Å². The van der Waals surface area contributed by atoms with E-state index in [-0.39, 0.29) is 16.7 Å². The molecule has 0 radical (unpaired) electrons. The maximum atomic E-state index is 12.9. The van der Waals surface area contributed by atoms with Gasteiger partial charge < -0.3 is 10.2 Å². The molecule has 0 atom stereocenters. The van der Waals surface area contributed by atoms with Crippen molar-refractivity contribution >= 4 is 42.6 Å². The highest BCUT2D eigenvalue weighted by molar-refractivity contribution is 9.10. The number of halogens is 1. The van der Waals surface area contributed by atoms with Gasteiger partial charge in [-0.05, 0) is 61.9 Å². The maximum Gasteiger partial charge on any atom is 0.285 e. The van der Waals surface area contributed by atoms with Crippen LogP contribution in [-0.4, -0.2) is 38.2 Å². The van der Waals surface area contributed by atoms with Gasteiger partial charge in [0.2, 0.25) is 5.91 Å². The van der Waals surface area contributed by atoms with Gasteiger partial charge in [-0.1, -0.05) is 52.3 Å². The van der Waals surface area contributed by atoms with Crippen LogP contribution in [0, 0.1) is 19.8 Å². The van der Waals surface area contributed by atoms with E-state index in [1.54, 1.807) is 0 Å². The molecule has 2 aromatic rings. The SMILES string of the molecule is CC1=C(c2ccc(C)c(C)c2)S(=O)(=O)N=C1N1CCC(C(=O)NCc2ccccc2Br)CC1. The van der Waals surface area contributed by atoms with Crippen LogP contribution in [-0.2, 0) is 21.4 Å². The average molecular weight is 530 g/mol. The van der Waals surface area contributed by atoms with E-state index in [0.717, 1.165) is 21.2 Å². The molecule has 2 aliphatic heterocycles. The van der Waals surface area contributed by atoms with E-state index in [2.05, 4.69) is 25.6 Å². The van der Waals surface area contributed by atoms with Crippen molar-refractivity contribution in [3.05, 3.63) is 74.8 Å². The van der Waals surface area contributed by atoms with Crippen LogP contribution in [0.15, 0.2) is 56.9 Å². The van der Waals surface area contributed by atoms with Crippen LogP contribution >= 0.6 is 15.9 Å². The normalized spacial score (nSPS) is 18.4. The van der Waals surface area contributed by atoms with Gasteiger partial charge in [0.1, 0.15) is 10.7 Å². The number of benzene rings is 2. The number of hydrogen-bond donors (Lipinski definition) is 1. The second-order valence-corrected chi connectivity index (χ2v) is 11.1. The van der Waals surface area contributed by atoms with Gasteiger partial charge in [0.05, 0.1) is 0 Å². The fourth-order valence-corrected chi connectivity index (χ4v) is 6.29. The molecule has 0 unspecified atom stereocenters. The van der Waals surface area contributed by atoms with Crippen molar-refractivity contribution in [3.63, 3.8) is 0 Å². The zero-order valence-corrected chi connectivity index (χ0v) is 21.5. The Morgan fingerprint density at radius 3 is 2.45 bits per heavy atom. The highest BCUT2D eigenvalue weighted by Crippen LogP contribution is 2.35. The van der Waals surface area contributed by atoms with Crippen molar-refractivity contribution in [2.75, 3.05) is 13.1 Å². The number of nitrogens with zero attached hydrogens (tertiary/aromatic N) is 2. The Bertz CT molecular complexity index is 1260. The van der Waals surface area contributed by atoms with Gasteiger partial charge in [-0.3, -0.25) is 4.79 Å². The van der Waals surface area contributed by atoms with E-state index < -0.39 is 10.0 Å². The van der Waals surface area contributed by atoms with Crippen molar-refractivity contribution in [1.82, 2.24) is 10.2 Å². The molecule has 8 heteroatoms. The summed E-state index contributed by atoms with van der Waals surface area (Å²) in [5, 5.41) is 3.03. The highest BCUT2D eigenvalue weighted by atomic mass is 79.9. The van der Waals surface area contributed by atoms with Crippen LogP contribution in [0.25, 0.3) is 4.91 Å². The summed E-state index contributed by atoms with van der Waals surface area (Å²) >= 11 is 3.51. The number of amides is 1. The van der Waals surface area contributed by atoms with Gasteiger partial charge in [0.25, 0.3) is 10.0 Å². The zero-order valence-electron chi connectivity index (χ0n) is 19.1. The first-order valence-electron chi connectivity index (χ1n) is 11.1. The van der Waals surface area contributed by atoms with E-state index in [4.69, 9.17) is 0 Å². The van der Waals surface area contributed by atoms with E-state index in [0.29, 0.717) is 49.4 Å². The topological polar surface area (TPSA) is 78.8 Å². The van der Waals surface area contributed by atoms with Gasteiger partial charge in [-0.15, -0.1) is 4.40 Å². The van der Waals surface area contributed by atoms with Crippen molar-refractivity contribution in [1.29, 1.82) is 0 Å². The molecule has 4 rings (SSSR count). The number of aryl methyl sites for hydroxylation is 2. The molecule has 1 amide bonds. The molecule has 6 nitrogen and oxygen atoms in total.